The molecule has 1 aromatic carbocycles. The third kappa shape index (κ3) is 2.91. The molecule has 0 saturated carbocycles. The molecule has 1 aliphatic heterocycles. The maximum atomic E-state index is 12.6. The van der Waals surface area contributed by atoms with Crippen molar-refractivity contribution in [2.75, 3.05) is 11.4 Å². The molecule has 0 bridgehead atoms. The standard InChI is InChI=1S/C14H16Br2N2O2/c1-3-8(2)12-14(20)18(7-11(19)17-12)13-9(15)5-4-6-10(13)16/h4-6,8,12H,3,7H2,1-2H3,(H,17,19). The lowest BCUT2D eigenvalue weighted by atomic mass is 9.96. The number of piperazine rings is 1. The van der Waals surface area contributed by atoms with Crippen LogP contribution in [0, 0.1) is 5.92 Å². The number of halogens is 2. The highest BCUT2D eigenvalue weighted by atomic mass is 79.9. The third-order valence-electron chi connectivity index (χ3n) is 3.57. The average molecular weight is 404 g/mol. The molecule has 6 heteroatoms. The van der Waals surface area contributed by atoms with Crippen molar-refractivity contribution in [2.24, 2.45) is 5.92 Å². The van der Waals surface area contributed by atoms with E-state index >= 15 is 0 Å². The summed E-state index contributed by atoms with van der Waals surface area (Å²) in [6, 6.07) is 5.13. The largest absolute Gasteiger partial charge is 0.342 e. The van der Waals surface area contributed by atoms with Crippen LogP contribution in [0.15, 0.2) is 27.1 Å². The molecule has 0 radical (unpaired) electrons. The third-order valence-corrected chi connectivity index (χ3v) is 4.85. The van der Waals surface area contributed by atoms with E-state index in [1.807, 2.05) is 32.0 Å². The second-order valence-corrected chi connectivity index (χ2v) is 6.63. The predicted molar refractivity (Wildman–Crippen MR) is 85.6 cm³/mol. The number of hydrogen-bond donors (Lipinski definition) is 1. The number of amides is 2. The van der Waals surface area contributed by atoms with E-state index in [4.69, 9.17) is 0 Å². The summed E-state index contributed by atoms with van der Waals surface area (Å²) in [5.74, 6) is -0.0837. The van der Waals surface area contributed by atoms with Crippen LogP contribution < -0.4 is 10.2 Å². The first-order valence-corrected chi connectivity index (χ1v) is 8.09. The van der Waals surface area contributed by atoms with E-state index in [0.717, 1.165) is 15.4 Å². The first-order chi connectivity index (χ1) is 9.45. The number of hydrogen-bond acceptors (Lipinski definition) is 2. The van der Waals surface area contributed by atoms with Gasteiger partial charge in [-0.2, -0.15) is 0 Å². The maximum absolute atomic E-state index is 12.6. The van der Waals surface area contributed by atoms with Crippen molar-refractivity contribution >= 4 is 49.4 Å². The molecule has 1 aliphatic rings. The summed E-state index contributed by atoms with van der Waals surface area (Å²) in [6.45, 7) is 4.03. The molecule has 108 valence electrons. The van der Waals surface area contributed by atoms with Crippen molar-refractivity contribution in [2.45, 2.75) is 26.3 Å². The van der Waals surface area contributed by atoms with E-state index in [1.54, 1.807) is 4.90 Å². The zero-order chi connectivity index (χ0) is 14.9. The van der Waals surface area contributed by atoms with Gasteiger partial charge in [0.2, 0.25) is 11.8 Å². The van der Waals surface area contributed by atoms with Gasteiger partial charge in [0.25, 0.3) is 0 Å². The molecule has 0 aliphatic carbocycles. The first-order valence-electron chi connectivity index (χ1n) is 6.50. The topological polar surface area (TPSA) is 49.4 Å². The fourth-order valence-corrected chi connectivity index (χ4v) is 3.65. The number of para-hydroxylation sites is 1. The summed E-state index contributed by atoms with van der Waals surface area (Å²) in [5.41, 5.74) is 0.709. The summed E-state index contributed by atoms with van der Waals surface area (Å²) < 4.78 is 1.58. The van der Waals surface area contributed by atoms with Gasteiger partial charge >= 0.3 is 0 Å². The molecule has 1 fully saturated rings. The summed E-state index contributed by atoms with van der Waals surface area (Å²) in [5, 5.41) is 2.79. The van der Waals surface area contributed by atoms with Crippen molar-refractivity contribution in [3.63, 3.8) is 0 Å². The maximum Gasteiger partial charge on any atom is 0.250 e. The Morgan fingerprint density at radius 3 is 2.50 bits per heavy atom. The van der Waals surface area contributed by atoms with Crippen LogP contribution in [-0.4, -0.2) is 24.4 Å². The quantitative estimate of drug-likeness (QED) is 0.842. The van der Waals surface area contributed by atoms with E-state index in [2.05, 4.69) is 37.2 Å². The van der Waals surface area contributed by atoms with Crippen molar-refractivity contribution in [1.29, 1.82) is 0 Å². The molecule has 0 aromatic heterocycles. The molecule has 20 heavy (non-hydrogen) atoms. The van der Waals surface area contributed by atoms with Crippen LogP contribution in [-0.2, 0) is 9.59 Å². The molecular weight excluding hydrogens is 388 g/mol. The normalized spacial score (nSPS) is 20.8. The average Bonchev–Trinajstić information content (AvgIpc) is 2.41. The van der Waals surface area contributed by atoms with Gasteiger partial charge in [0, 0.05) is 8.95 Å². The second-order valence-electron chi connectivity index (χ2n) is 4.93. The van der Waals surface area contributed by atoms with Gasteiger partial charge in [0.1, 0.15) is 12.6 Å². The van der Waals surface area contributed by atoms with Gasteiger partial charge in [0.15, 0.2) is 0 Å². The fourth-order valence-electron chi connectivity index (χ4n) is 2.23. The molecule has 1 saturated heterocycles. The monoisotopic (exact) mass is 402 g/mol. The molecule has 2 amide bonds. The van der Waals surface area contributed by atoms with Gasteiger partial charge < -0.3 is 5.32 Å². The number of benzene rings is 1. The van der Waals surface area contributed by atoms with Crippen LogP contribution in [0.3, 0.4) is 0 Å². The van der Waals surface area contributed by atoms with E-state index in [1.165, 1.54) is 0 Å². The number of rotatable bonds is 3. The molecule has 1 heterocycles. The zero-order valence-corrected chi connectivity index (χ0v) is 14.5. The van der Waals surface area contributed by atoms with Crippen LogP contribution in [0.4, 0.5) is 5.69 Å². The fraction of sp³-hybridized carbons (Fsp3) is 0.429. The SMILES string of the molecule is CCC(C)C1NC(=O)CN(c2c(Br)cccc2Br)C1=O. The Morgan fingerprint density at radius 2 is 1.95 bits per heavy atom. The minimum absolute atomic E-state index is 0.0486. The molecular formula is C14H16Br2N2O2. The van der Waals surface area contributed by atoms with Gasteiger partial charge in [-0.3, -0.25) is 14.5 Å². The summed E-state index contributed by atoms with van der Waals surface area (Å²) in [7, 11) is 0. The lowest BCUT2D eigenvalue weighted by Crippen LogP contribution is -2.60. The van der Waals surface area contributed by atoms with Gasteiger partial charge in [-0.25, -0.2) is 0 Å². The Morgan fingerprint density at radius 1 is 1.35 bits per heavy atom. The van der Waals surface area contributed by atoms with Crippen LogP contribution >= 0.6 is 31.9 Å². The van der Waals surface area contributed by atoms with Crippen molar-refractivity contribution < 1.29 is 9.59 Å². The van der Waals surface area contributed by atoms with Crippen molar-refractivity contribution in [3.8, 4) is 0 Å². The smallest absolute Gasteiger partial charge is 0.250 e. The summed E-state index contributed by atoms with van der Waals surface area (Å²) >= 11 is 6.90. The van der Waals surface area contributed by atoms with Crippen molar-refractivity contribution in [1.82, 2.24) is 5.32 Å². The second kappa shape index (κ2) is 6.26. The Bertz CT molecular complexity index is 528. The molecule has 2 unspecified atom stereocenters. The highest BCUT2D eigenvalue weighted by molar-refractivity contribution is 9.11. The highest BCUT2D eigenvalue weighted by Gasteiger charge is 2.37. The summed E-state index contributed by atoms with van der Waals surface area (Å²) in [6.07, 6.45) is 0.835. The number of anilines is 1. The van der Waals surface area contributed by atoms with Crippen LogP contribution in [0.1, 0.15) is 20.3 Å². The Kier molecular flexibility index (Phi) is 4.86. The number of nitrogens with one attached hydrogen (secondary N) is 1. The van der Waals surface area contributed by atoms with Crippen LogP contribution in [0.2, 0.25) is 0 Å². The first kappa shape index (κ1) is 15.5. The lowest BCUT2D eigenvalue weighted by molar-refractivity contribution is -0.132. The van der Waals surface area contributed by atoms with E-state index in [0.29, 0.717) is 5.69 Å². The minimum Gasteiger partial charge on any atom is -0.342 e. The Hall–Kier alpha value is -0.880. The number of carbonyl (C=O) groups excluding carboxylic acids is 2. The Balaban J connectivity index is 2.40. The molecule has 2 atom stereocenters. The van der Waals surface area contributed by atoms with Gasteiger partial charge in [0.05, 0.1) is 5.69 Å². The zero-order valence-electron chi connectivity index (χ0n) is 11.3. The number of carbonyl (C=O) groups is 2. The summed E-state index contributed by atoms with van der Waals surface area (Å²) in [4.78, 5) is 26.1. The van der Waals surface area contributed by atoms with E-state index < -0.39 is 6.04 Å². The minimum atomic E-state index is -0.458. The van der Waals surface area contributed by atoms with E-state index in [-0.39, 0.29) is 24.3 Å². The molecule has 0 spiro atoms. The van der Waals surface area contributed by atoms with E-state index in [9.17, 15) is 9.59 Å². The predicted octanol–water partition coefficient (Wildman–Crippen LogP) is 3.09. The van der Waals surface area contributed by atoms with Crippen LogP contribution in [0.5, 0.6) is 0 Å². The van der Waals surface area contributed by atoms with Gasteiger partial charge in [-0.05, 0) is 49.9 Å². The molecule has 1 N–H and O–H groups in total. The number of nitrogens with zero attached hydrogens (tertiary/aromatic N) is 1. The molecule has 4 nitrogen and oxygen atoms in total. The van der Waals surface area contributed by atoms with Crippen LogP contribution in [0.25, 0.3) is 0 Å². The lowest BCUT2D eigenvalue weighted by Gasteiger charge is -2.36. The van der Waals surface area contributed by atoms with Gasteiger partial charge in [-0.15, -0.1) is 0 Å². The Labute approximate surface area is 135 Å². The highest BCUT2D eigenvalue weighted by Crippen LogP contribution is 2.35. The molecule has 2 rings (SSSR count). The van der Waals surface area contributed by atoms with Crippen molar-refractivity contribution in [3.05, 3.63) is 27.1 Å². The molecule has 1 aromatic rings. The van der Waals surface area contributed by atoms with Gasteiger partial charge in [-0.1, -0.05) is 26.3 Å².